The molecule has 0 fully saturated rings. The molecule has 0 amide bonds. The lowest BCUT2D eigenvalue weighted by atomic mass is 10.0. The lowest BCUT2D eigenvalue weighted by Crippen LogP contribution is -2.21. The summed E-state index contributed by atoms with van der Waals surface area (Å²) in [6.07, 6.45) is 0. The van der Waals surface area contributed by atoms with Crippen LogP contribution in [0.25, 0.3) is 0 Å². The van der Waals surface area contributed by atoms with Gasteiger partial charge in [-0.25, -0.2) is 0 Å². The molecule has 1 unspecified atom stereocenters. The summed E-state index contributed by atoms with van der Waals surface area (Å²) in [7, 11) is 0. The maximum atomic E-state index is 3.66. The van der Waals surface area contributed by atoms with E-state index in [2.05, 4.69) is 69.4 Å². The van der Waals surface area contributed by atoms with Crippen LogP contribution in [-0.2, 0) is 0 Å². The summed E-state index contributed by atoms with van der Waals surface area (Å²) in [6.45, 7) is 8.76. The second-order valence-corrected chi connectivity index (χ2v) is 6.29. The third-order valence-corrected chi connectivity index (χ3v) is 4.41. The minimum absolute atomic E-state index is 0.377. The van der Waals surface area contributed by atoms with Crippen LogP contribution in [0.2, 0.25) is 0 Å². The van der Waals surface area contributed by atoms with E-state index in [9.17, 15) is 0 Å². The molecule has 0 spiro atoms. The van der Waals surface area contributed by atoms with Crippen molar-refractivity contribution in [3.8, 4) is 0 Å². The van der Waals surface area contributed by atoms with Gasteiger partial charge in [0.1, 0.15) is 0 Å². The molecule has 1 nitrogen and oxygen atoms in total. The SMILES string of the molecule is Cc1cccc([C@@H](C)NC(C)c2ccc(C)s2)c1. The van der Waals surface area contributed by atoms with Gasteiger partial charge in [-0.15, -0.1) is 11.3 Å². The zero-order valence-corrected chi connectivity index (χ0v) is 12.3. The molecule has 2 rings (SSSR count). The Kier molecular flexibility index (Phi) is 4.20. The second kappa shape index (κ2) is 5.68. The summed E-state index contributed by atoms with van der Waals surface area (Å²) in [5.74, 6) is 0. The van der Waals surface area contributed by atoms with Gasteiger partial charge in [0.05, 0.1) is 0 Å². The van der Waals surface area contributed by atoms with Crippen LogP contribution in [0.3, 0.4) is 0 Å². The van der Waals surface area contributed by atoms with Crippen LogP contribution in [0, 0.1) is 13.8 Å². The molecule has 18 heavy (non-hydrogen) atoms. The van der Waals surface area contributed by atoms with Crippen LogP contribution in [-0.4, -0.2) is 0 Å². The Morgan fingerprint density at radius 1 is 1.00 bits per heavy atom. The number of aryl methyl sites for hydroxylation is 2. The monoisotopic (exact) mass is 259 g/mol. The fraction of sp³-hybridized carbons (Fsp3) is 0.375. The van der Waals surface area contributed by atoms with Crippen molar-refractivity contribution in [2.24, 2.45) is 0 Å². The zero-order valence-electron chi connectivity index (χ0n) is 11.5. The maximum Gasteiger partial charge on any atom is 0.0391 e. The third-order valence-electron chi connectivity index (χ3n) is 3.23. The number of hydrogen-bond acceptors (Lipinski definition) is 2. The van der Waals surface area contributed by atoms with E-state index in [-0.39, 0.29) is 0 Å². The lowest BCUT2D eigenvalue weighted by Gasteiger charge is -2.20. The molecule has 2 aromatic rings. The fourth-order valence-corrected chi connectivity index (χ4v) is 3.07. The van der Waals surface area contributed by atoms with Crippen molar-refractivity contribution >= 4 is 11.3 Å². The predicted molar refractivity (Wildman–Crippen MR) is 80.2 cm³/mol. The highest BCUT2D eigenvalue weighted by Gasteiger charge is 2.12. The minimum atomic E-state index is 0.377. The zero-order chi connectivity index (χ0) is 13.1. The van der Waals surface area contributed by atoms with E-state index in [1.165, 1.54) is 20.9 Å². The minimum Gasteiger partial charge on any atom is -0.303 e. The first-order chi connectivity index (χ1) is 8.56. The van der Waals surface area contributed by atoms with Crippen molar-refractivity contribution in [2.75, 3.05) is 0 Å². The van der Waals surface area contributed by atoms with Crippen molar-refractivity contribution in [1.29, 1.82) is 0 Å². The first-order valence-electron chi connectivity index (χ1n) is 6.45. The van der Waals surface area contributed by atoms with E-state index in [4.69, 9.17) is 0 Å². The third kappa shape index (κ3) is 3.21. The Balaban J connectivity index is 2.05. The van der Waals surface area contributed by atoms with Gasteiger partial charge in [0, 0.05) is 21.8 Å². The van der Waals surface area contributed by atoms with Crippen molar-refractivity contribution in [3.05, 3.63) is 57.3 Å². The Morgan fingerprint density at radius 3 is 2.39 bits per heavy atom. The van der Waals surface area contributed by atoms with E-state index in [1.807, 2.05) is 11.3 Å². The van der Waals surface area contributed by atoms with E-state index >= 15 is 0 Å². The molecule has 0 radical (unpaired) electrons. The molecule has 1 heterocycles. The van der Waals surface area contributed by atoms with Gasteiger partial charge in [0.15, 0.2) is 0 Å². The van der Waals surface area contributed by atoms with Gasteiger partial charge in [-0.3, -0.25) is 0 Å². The van der Waals surface area contributed by atoms with Gasteiger partial charge >= 0.3 is 0 Å². The molecular weight excluding hydrogens is 238 g/mol. The molecule has 0 aliphatic heterocycles. The summed E-state index contributed by atoms with van der Waals surface area (Å²) < 4.78 is 0. The average Bonchev–Trinajstić information content (AvgIpc) is 2.76. The topological polar surface area (TPSA) is 12.0 Å². The molecule has 96 valence electrons. The molecule has 2 atom stereocenters. The van der Waals surface area contributed by atoms with Crippen LogP contribution < -0.4 is 5.32 Å². The highest BCUT2D eigenvalue weighted by molar-refractivity contribution is 7.12. The standard InChI is InChI=1S/C16H21NS/c1-11-6-5-7-15(10-11)13(3)17-14(4)16-9-8-12(2)18-16/h5-10,13-14,17H,1-4H3/t13-,14?/m1/s1. The first kappa shape index (κ1) is 13.3. The van der Waals surface area contributed by atoms with Gasteiger partial charge in [0.2, 0.25) is 0 Å². The molecule has 1 N–H and O–H groups in total. The van der Waals surface area contributed by atoms with Crippen molar-refractivity contribution < 1.29 is 0 Å². The van der Waals surface area contributed by atoms with Gasteiger partial charge in [-0.05, 0) is 45.4 Å². The molecule has 0 bridgehead atoms. The van der Waals surface area contributed by atoms with Crippen molar-refractivity contribution in [1.82, 2.24) is 5.32 Å². The van der Waals surface area contributed by atoms with Crippen LogP contribution in [0.1, 0.15) is 46.8 Å². The number of nitrogens with one attached hydrogen (secondary N) is 1. The Hall–Kier alpha value is -1.12. The molecule has 1 aromatic heterocycles. The van der Waals surface area contributed by atoms with E-state index in [0.717, 1.165) is 0 Å². The summed E-state index contributed by atoms with van der Waals surface area (Å²) in [6, 6.07) is 13.9. The molecule has 0 saturated heterocycles. The normalized spacial score (nSPS) is 14.4. The van der Waals surface area contributed by atoms with Gasteiger partial charge in [0.25, 0.3) is 0 Å². The average molecular weight is 259 g/mol. The molecule has 0 aliphatic rings. The van der Waals surface area contributed by atoms with Crippen LogP contribution in [0.5, 0.6) is 0 Å². The van der Waals surface area contributed by atoms with Crippen molar-refractivity contribution in [3.63, 3.8) is 0 Å². The number of rotatable bonds is 4. The summed E-state index contributed by atoms with van der Waals surface area (Å²) in [5, 5.41) is 3.66. The molecule has 0 aliphatic carbocycles. The summed E-state index contributed by atoms with van der Waals surface area (Å²) >= 11 is 1.87. The van der Waals surface area contributed by atoms with Crippen LogP contribution in [0.15, 0.2) is 36.4 Å². The Labute approximate surface area is 114 Å². The van der Waals surface area contributed by atoms with E-state index in [0.29, 0.717) is 12.1 Å². The van der Waals surface area contributed by atoms with Crippen LogP contribution >= 0.6 is 11.3 Å². The fourth-order valence-electron chi connectivity index (χ4n) is 2.18. The van der Waals surface area contributed by atoms with Gasteiger partial charge in [-0.1, -0.05) is 29.8 Å². The smallest absolute Gasteiger partial charge is 0.0391 e. The Morgan fingerprint density at radius 2 is 1.78 bits per heavy atom. The number of benzene rings is 1. The van der Waals surface area contributed by atoms with Gasteiger partial charge < -0.3 is 5.32 Å². The highest BCUT2D eigenvalue weighted by atomic mass is 32.1. The summed E-state index contributed by atoms with van der Waals surface area (Å²) in [5.41, 5.74) is 2.68. The molecule has 0 saturated carbocycles. The molecule has 1 aromatic carbocycles. The predicted octanol–water partition coefficient (Wildman–Crippen LogP) is 4.78. The van der Waals surface area contributed by atoms with Crippen LogP contribution in [0.4, 0.5) is 0 Å². The summed E-state index contributed by atoms with van der Waals surface area (Å²) in [4.78, 5) is 2.79. The van der Waals surface area contributed by atoms with Crippen molar-refractivity contribution in [2.45, 2.75) is 39.8 Å². The lowest BCUT2D eigenvalue weighted by molar-refractivity contribution is 0.500. The second-order valence-electron chi connectivity index (χ2n) is 4.97. The highest BCUT2D eigenvalue weighted by Crippen LogP contribution is 2.25. The van der Waals surface area contributed by atoms with Gasteiger partial charge in [-0.2, -0.15) is 0 Å². The number of hydrogen-bond donors (Lipinski definition) is 1. The van der Waals surface area contributed by atoms with E-state index in [1.54, 1.807) is 0 Å². The first-order valence-corrected chi connectivity index (χ1v) is 7.27. The molecule has 2 heteroatoms. The Bertz CT molecular complexity index is 515. The number of thiophene rings is 1. The van der Waals surface area contributed by atoms with E-state index < -0.39 is 0 Å². The maximum absolute atomic E-state index is 3.66. The quantitative estimate of drug-likeness (QED) is 0.833. The molecular formula is C16H21NS. The largest absolute Gasteiger partial charge is 0.303 e.